The van der Waals surface area contributed by atoms with Crippen LogP contribution in [0.4, 0.5) is 34.1 Å². The third-order valence-electron chi connectivity index (χ3n) is 14.3. The SMILES string of the molecule is c1ccc(N(c2ccccc2)c2ccc3c(c2)[Si]2(CCCC2)c2ccc4c5c(ccc4c2-3)[Si]2(CCCC2)c2cc(N(c3ccccc3)c3ccccc3)ccc2-5)cc1. The molecule has 0 radical (unpaired) electrons. The van der Waals surface area contributed by atoms with Gasteiger partial charge in [0.2, 0.25) is 0 Å². The van der Waals surface area contributed by atoms with Crippen molar-refractivity contribution in [1.29, 1.82) is 0 Å². The topological polar surface area (TPSA) is 6.48 Å². The molecular weight excluding hydrogens is 733 g/mol. The molecule has 0 bridgehead atoms. The average Bonchev–Trinajstić information content (AvgIpc) is 4.09. The van der Waals surface area contributed by atoms with Gasteiger partial charge < -0.3 is 9.80 Å². The van der Waals surface area contributed by atoms with E-state index < -0.39 is 16.1 Å². The lowest BCUT2D eigenvalue weighted by molar-refractivity contribution is 0.935. The van der Waals surface area contributed by atoms with Gasteiger partial charge >= 0.3 is 0 Å². The molecule has 0 atom stereocenters. The molecule has 0 aliphatic carbocycles. The van der Waals surface area contributed by atoms with Crippen molar-refractivity contribution in [3.8, 4) is 22.3 Å². The second kappa shape index (κ2) is 13.3. The number of rotatable bonds is 6. The average molecular weight is 779 g/mol. The van der Waals surface area contributed by atoms with Gasteiger partial charge in [-0.25, -0.2) is 0 Å². The molecule has 0 unspecified atom stereocenters. The summed E-state index contributed by atoms with van der Waals surface area (Å²) < 4.78 is 0. The lowest BCUT2D eigenvalue weighted by Crippen LogP contribution is -2.53. The normalized spacial score (nSPS) is 16.3. The molecule has 2 nitrogen and oxygen atoms in total. The zero-order valence-corrected chi connectivity index (χ0v) is 34.9. The quantitative estimate of drug-likeness (QED) is 0.155. The van der Waals surface area contributed by atoms with Crippen LogP contribution >= 0.6 is 0 Å². The highest BCUT2D eigenvalue weighted by Gasteiger charge is 2.50. The number of fused-ring (bicyclic) bond motifs is 13. The summed E-state index contributed by atoms with van der Waals surface area (Å²) in [6.45, 7) is 0. The molecule has 8 aromatic carbocycles. The van der Waals surface area contributed by atoms with Crippen molar-refractivity contribution in [3.63, 3.8) is 0 Å². The third-order valence-corrected chi connectivity index (χ3v) is 24.9. The van der Waals surface area contributed by atoms with Gasteiger partial charge in [0, 0.05) is 34.1 Å². The van der Waals surface area contributed by atoms with Crippen LogP contribution in [0.3, 0.4) is 0 Å². The summed E-state index contributed by atoms with van der Waals surface area (Å²) in [5.74, 6) is 0. The molecule has 0 N–H and O–H groups in total. The zero-order chi connectivity index (χ0) is 38.3. The molecule has 0 saturated carbocycles. The standard InChI is InChI=1S/C54H46N2Si2/c1-5-17-39(18-6-1)55(40-19-7-2-8-20-40)43-25-27-47-51(37-43)57(33-13-14-34-57)49-31-29-46-45(53(47)49)30-32-50-54(46)48-28-26-44(38-52(48)58(50)35-15-16-36-58)56(41-21-9-3-10-22-41)42-23-11-4-12-24-42/h1-12,17-32,37-38H,13-16,33-36H2. The highest BCUT2D eigenvalue weighted by molar-refractivity contribution is 7.07. The zero-order valence-electron chi connectivity index (χ0n) is 32.9. The maximum absolute atomic E-state index is 2.63. The molecule has 4 heterocycles. The molecule has 2 spiro atoms. The van der Waals surface area contributed by atoms with Crippen LogP contribution in [0.5, 0.6) is 0 Å². The Kier molecular flexibility index (Phi) is 7.83. The van der Waals surface area contributed by atoms with Crippen molar-refractivity contribution < 1.29 is 0 Å². The van der Waals surface area contributed by atoms with Crippen molar-refractivity contribution >= 4 is 81.8 Å². The van der Waals surface area contributed by atoms with E-state index in [9.17, 15) is 0 Å². The number of hydrogen-bond acceptors (Lipinski definition) is 2. The van der Waals surface area contributed by atoms with Gasteiger partial charge in [0.1, 0.15) is 16.1 Å². The van der Waals surface area contributed by atoms with Gasteiger partial charge in [0.05, 0.1) is 0 Å². The second-order valence-corrected chi connectivity index (χ2v) is 25.6. The Bertz CT molecular complexity index is 2570. The molecule has 2 fully saturated rings. The predicted molar refractivity (Wildman–Crippen MR) is 252 cm³/mol. The highest BCUT2D eigenvalue weighted by atomic mass is 28.3. The first-order valence-corrected chi connectivity index (χ1v) is 26.3. The molecular formula is C54H46N2Si2. The van der Waals surface area contributed by atoms with Crippen LogP contribution in [0, 0.1) is 0 Å². The molecule has 2 saturated heterocycles. The van der Waals surface area contributed by atoms with Gasteiger partial charge in [-0.05, 0) is 151 Å². The van der Waals surface area contributed by atoms with E-state index in [1.54, 1.807) is 31.9 Å². The van der Waals surface area contributed by atoms with Crippen molar-refractivity contribution in [3.05, 3.63) is 182 Å². The molecule has 8 aromatic rings. The summed E-state index contributed by atoms with van der Waals surface area (Å²) >= 11 is 0. The fraction of sp³-hybridized carbons (Fsp3) is 0.148. The molecule has 4 aliphatic heterocycles. The Hall–Kier alpha value is -5.95. The highest BCUT2D eigenvalue weighted by Crippen LogP contribution is 2.48. The largest absolute Gasteiger partial charge is 0.311 e. The molecule has 0 aromatic heterocycles. The Morgan fingerprint density at radius 1 is 0.293 bits per heavy atom. The summed E-state index contributed by atoms with van der Waals surface area (Å²) in [4.78, 5) is 4.91. The first-order valence-electron chi connectivity index (χ1n) is 21.4. The number of anilines is 6. The van der Waals surface area contributed by atoms with Gasteiger partial charge in [-0.3, -0.25) is 0 Å². The maximum Gasteiger partial charge on any atom is 0.119 e. The van der Waals surface area contributed by atoms with Crippen LogP contribution in [0.25, 0.3) is 33.0 Å². The molecule has 0 amide bonds. The Labute approximate surface area is 344 Å². The number of nitrogens with zero attached hydrogens (tertiary/aromatic N) is 2. The molecule has 4 heteroatoms. The fourth-order valence-corrected chi connectivity index (χ4v) is 23.1. The number of benzene rings is 8. The van der Waals surface area contributed by atoms with E-state index in [0.717, 1.165) is 0 Å². The van der Waals surface area contributed by atoms with E-state index in [2.05, 4.69) is 192 Å². The van der Waals surface area contributed by atoms with Crippen LogP contribution in [0.2, 0.25) is 24.2 Å². The van der Waals surface area contributed by atoms with Gasteiger partial charge in [-0.2, -0.15) is 0 Å². The van der Waals surface area contributed by atoms with E-state index in [0.29, 0.717) is 0 Å². The van der Waals surface area contributed by atoms with Gasteiger partial charge in [-0.15, -0.1) is 0 Å². The van der Waals surface area contributed by atoms with E-state index in [-0.39, 0.29) is 0 Å². The van der Waals surface area contributed by atoms with Gasteiger partial charge in [0.25, 0.3) is 0 Å². The lowest BCUT2D eigenvalue weighted by atomic mass is 9.92. The van der Waals surface area contributed by atoms with E-state index in [1.807, 2.05) is 0 Å². The minimum atomic E-state index is -1.94. The first-order chi connectivity index (χ1) is 28.7. The summed E-state index contributed by atoms with van der Waals surface area (Å²) in [7, 11) is -3.89. The predicted octanol–water partition coefficient (Wildman–Crippen LogP) is 12.5. The van der Waals surface area contributed by atoms with Crippen LogP contribution < -0.4 is 30.5 Å². The smallest absolute Gasteiger partial charge is 0.119 e. The maximum atomic E-state index is 2.63. The molecule has 12 rings (SSSR count). The molecule has 4 aliphatic rings. The van der Waals surface area contributed by atoms with Gasteiger partial charge in [0.15, 0.2) is 0 Å². The minimum Gasteiger partial charge on any atom is -0.311 e. The van der Waals surface area contributed by atoms with E-state index >= 15 is 0 Å². The fourth-order valence-electron chi connectivity index (χ4n) is 11.9. The van der Waals surface area contributed by atoms with Crippen LogP contribution in [-0.2, 0) is 0 Å². The Morgan fingerprint density at radius 2 is 0.621 bits per heavy atom. The second-order valence-electron chi connectivity index (χ2n) is 17.1. The summed E-state index contributed by atoms with van der Waals surface area (Å²) in [5, 5.41) is 9.65. The summed E-state index contributed by atoms with van der Waals surface area (Å²) in [5.41, 5.74) is 13.5. The van der Waals surface area contributed by atoms with Crippen LogP contribution in [0.15, 0.2) is 182 Å². The van der Waals surface area contributed by atoms with E-state index in [4.69, 9.17) is 0 Å². The molecule has 280 valence electrons. The van der Waals surface area contributed by atoms with Crippen LogP contribution in [0.1, 0.15) is 25.7 Å². The van der Waals surface area contributed by atoms with E-state index in [1.165, 1.54) is 106 Å². The van der Waals surface area contributed by atoms with Crippen LogP contribution in [-0.4, -0.2) is 16.1 Å². The number of hydrogen-bond donors (Lipinski definition) is 0. The summed E-state index contributed by atoms with van der Waals surface area (Å²) in [6.07, 6.45) is 5.35. The Morgan fingerprint density at radius 3 is 0.948 bits per heavy atom. The minimum absolute atomic E-state index is 1.20. The van der Waals surface area contributed by atoms with Crippen molar-refractivity contribution in [2.75, 3.05) is 9.80 Å². The van der Waals surface area contributed by atoms with Crippen molar-refractivity contribution in [2.45, 2.75) is 49.9 Å². The lowest BCUT2D eigenvalue weighted by Gasteiger charge is -2.28. The Balaban J connectivity index is 1.04. The summed E-state index contributed by atoms with van der Waals surface area (Å²) in [6, 6.07) is 74.6. The van der Waals surface area contributed by atoms with Gasteiger partial charge in [-0.1, -0.05) is 135 Å². The van der Waals surface area contributed by atoms with Crippen molar-refractivity contribution in [1.82, 2.24) is 0 Å². The third kappa shape index (κ3) is 4.95. The van der Waals surface area contributed by atoms with Crippen molar-refractivity contribution in [2.24, 2.45) is 0 Å². The number of para-hydroxylation sites is 4. The monoisotopic (exact) mass is 778 g/mol. The molecule has 58 heavy (non-hydrogen) atoms. The first kappa shape index (κ1) is 34.1.